The number of likely N-dealkylation sites (N-methyl/N-ethyl adjacent to an activating group) is 1. The molecule has 0 bridgehead atoms. The molecular weight excluding hydrogens is 470 g/mol. The number of piperidine rings is 1. The zero-order valence-corrected chi connectivity index (χ0v) is 21.2. The van der Waals surface area contributed by atoms with Gasteiger partial charge in [0, 0.05) is 55.6 Å². The molecule has 0 aliphatic carbocycles. The van der Waals surface area contributed by atoms with Crippen molar-refractivity contribution in [1.82, 2.24) is 20.3 Å². The van der Waals surface area contributed by atoms with Crippen molar-refractivity contribution in [3.8, 4) is 5.75 Å². The Hall–Kier alpha value is -3.69. The molecule has 2 N–H and O–H groups in total. The lowest BCUT2D eigenvalue weighted by Gasteiger charge is -2.44. The Labute approximate surface area is 216 Å². The minimum absolute atomic E-state index is 0.0903. The lowest BCUT2D eigenvalue weighted by atomic mass is 9.86. The minimum Gasteiger partial charge on any atom is -0.488 e. The summed E-state index contributed by atoms with van der Waals surface area (Å²) >= 11 is 0. The number of anilines is 1. The average Bonchev–Trinajstić information content (AvgIpc) is 2.92. The van der Waals surface area contributed by atoms with Crippen molar-refractivity contribution in [1.29, 1.82) is 0 Å². The van der Waals surface area contributed by atoms with E-state index < -0.39 is 17.9 Å². The maximum atomic E-state index is 13.7. The van der Waals surface area contributed by atoms with Crippen molar-refractivity contribution in [2.75, 3.05) is 44.7 Å². The number of para-hydroxylation sites is 2. The molecule has 3 atom stereocenters. The number of carbonyl (C=O) groups excluding carboxylic acids is 2. The van der Waals surface area contributed by atoms with Gasteiger partial charge in [-0.25, -0.2) is 5.48 Å². The number of ether oxygens (including phenoxy) is 1. The number of nitrogens with one attached hydrogen (secondary N) is 1. The smallest absolute Gasteiger partial charge is 0.248 e. The maximum absolute atomic E-state index is 13.7. The van der Waals surface area contributed by atoms with E-state index in [9.17, 15) is 14.8 Å². The van der Waals surface area contributed by atoms with Gasteiger partial charge in [-0.15, -0.1) is 0 Å². The number of rotatable bonds is 5. The molecule has 3 heterocycles. The van der Waals surface area contributed by atoms with E-state index in [1.807, 2.05) is 72.3 Å². The first-order chi connectivity index (χ1) is 17.9. The molecule has 0 radical (unpaired) electrons. The van der Waals surface area contributed by atoms with E-state index in [4.69, 9.17) is 4.74 Å². The van der Waals surface area contributed by atoms with Crippen LogP contribution >= 0.6 is 0 Å². The number of hydrogen-bond acceptors (Lipinski definition) is 7. The van der Waals surface area contributed by atoms with Crippen molar-refractivity contribution in [3.63, 3.8) is 0 Å². The fraction of sp³-hybridized carbons (Fsp3) is 0.393. The van der Waals surface area contributed by atoms with Gasteiger partial charge in [0.2, 0.25) is 11.8 Å². The number of piperazine rings is 1. The first-order valence-electron chi connectivity index (χ1n) is 12.7. The maximum Gasteiger partial charge on any atom is 0.248 e. The highest BCUT2D eigenvalue weighted by Gasteiger charge is 2.45. The predicted molar refractivity (Wildman–Crippen MR) is 141 cm³/mol. The minimum atomic E-state index is -0.748. The fourth-order valence-electron chi connectivity index (χ4n) is 5.57. The molecule has 0 saturated carbocycles. The van der Waals surface area contributed by atoms with Crippen molar-refractivity contribution in [2.45, 2.75) is 25.5 Å². The molecule has 2 amide bonds. The molecule has 9 heteroatoms. The van der Waals surface area contributed by atoms with E-state index in [1.54, 1.807) is 5.48 Å². The highest BCUT2D eigenvalue weighted by atomic mass is 16.5. The Balaban J connectivity index is 1.31. The number of pyridine rings is 1. The van der Waals surface area contributed by atoms with E-state index in [-0.39, 0.29) is 12.0 Å². The van der Waals surface area contributed by atoms with Crippen LogP contribution in [0.3, 0.4) is 0 Å². The van der Waals surface area contributed by atoms with E-state index in [0.29, 0.717) is 31.8 Å². The number of aromatic nitrogens is 1. The summed E-state index contributed by atoms with van der Waals surface area (Å²) in [6.07, 6.45) is -0.0243. The van der Waals surface area contributed by atoms with Gasteiger partial charge in [0.05, 0.1) is 11.4 Å². The number of benzene rings is 2. The summed E-state index contributed by atoms with van der Waals surface area (Å²) in [4.78, 5) is 37.0. The van der Waals surface area contributed by atoms with Crippen LogP contribution < -0.4 is 15.1 Å². The fourth-order valence-corrected chi connectivity index (χ4v) is 5.57. The third-order valence-electron chi connectivity index (χ3n) is 7.38. The van der Waals surface area contributed by atoms with Gasteiger partial charge in [-0.05, 0) is 44.7 Å². The molecule has 2 aliphatic rings. The molecule has 194 valence electrons. The standard InChI is InChI=1S/C28H33N5O4/c1-19-16-25(22-10-6-7-11-24(22)29-19)37-21-17-23(27(34)30-36)26(31(2)18-21)28(35)33-14-12-32(13-15-33)20-8-4-3-5-9-20/h3-11,16,21,23,26,36H,12-15,17-18H2,1-2H3,(H,30,34)/t21-,23-,26-/m0/s1. The first-order valence-corrected chi connectivity index (χ1v) is 12.7. The molecule has 0 spiro atoms. The second-order valence-corrected chi connectivity index (χ2v) is 9.87. The Morgan fingerprint density at radius 1 is 1.03 bits per heavy atom. The molecular formula is C28H33N5O4. The van der Waals surface area contributed by atoms with E-state index in [0.717, 1.165) is 35.4 Å². The van der Waals surface area contributed by atoms with Gasteiger partial charge in [-0.1, -0.05) is 30.3 Å². The normalized spacial score (nSPS) is 22.6. The second kappa shape index (κ2) is 10.7. The second-order valence-electron chi connectivity index (χ2n) is 9.87. The zero-order chi connectivity index (χ0) is 25.9. The number of hydroxylamine groups is 1. The molecule has 3 aromatic rings. The van der Waals surface area contributed by atoms with Crippen LogP contribution in [-0.2, 0) is 9.59 Å². The number of carbonyl (C=O) groups is 2. The van der Waals surface area contributed by atoms with E-state index >= 15 is 0 Å². The summed E-state index contributed by atoms with van der Waals surface area (Å²) in [7, 11) is 1.84. The van der Waals surface area contributed by atoms with Gasteiger partial charge in [-0.3, -0.25) is 24.7 Å². The molecule has 9 nitrogen and oxygen atoms in total. The van der Waals surface area contributed by atoms with Gasteiger partial charge in [0.15, 0.2) is 0 Å². The molecule has 0 unspecified atom stereocenters. The largest absolute Gasteiger partial charge is 0.488 e. The Morgan fingerprint density at radius 2 is 1.73 bits per heavy atom. The lowest BCUT2D eigenvalue weighted by molar-refractivity contribution is -0.151. The van der Waals surface area contributed by atoms with Gasteiger partial charge in [0.25, 0.3) is 0 Å². The summed E-state index contributed by atoms with van der Waals surface area (Å²) in [5.41, 5.74) is 4.60. The SMILES string of the molecule is Cc1cc(O[C@H]2C[C@H](C(=O)NO)[C@@H](C(=O)N3CCN(c4ccccc4)CC3)N(C)C2)c2ccccc2n1. The Kier molecular flexibility index (Phi) is 7.25. The van der Waals surface area contributed by atoms with Crippen molar-refractivity contribution < 1.29 is 19.5 Å². The van der Waals surface area contributed by atoms with Crippen LogP contribution in [0.4, 0.5) is 5.69 Å². The van der Waals surface area contributed by atoms with Crippen LogP contribution in [0.5, 0.6) is 5.75 Å². The van der Waals surface area contributed by atoms with Crippen LogP contribution in [0.25, 0.3) is 10.9 Å². The van der Waals surface area contributed by atoms with Crippen LogP contribution in [0, 0.1) is 12.8 Å². The predicted octanol–water partition coefficient (Wildman–Crippen LogP) is 2.47. The average molecular weight is 504 g/mol. The molecule has 2 aromatic carbocycles. The number of likely N-dealkylation sites (tertiary alicyclic amines) is 1. The van der Waals surface area contributed by atoms with Gasteiger partial charge >= 0.3 is 0 Å². The summed E-state index contributed by atoms with van der Waals surface area (Å²) in [6.45, 7) is 5.00. The number of hydrogen-bond donors (Lipinski definition) is 2. The van der Waals surface area contributed by atoms with Crippen LogP contribution in [0.2, 0.25) is 0 Å². The monoisotopic (exact) mass is 503 g/mol. The Bertz CT molecular complexity index is 1260. The topological polar surface area (TPSA) is 98.2 Å². The van der Waals surface area contributed by atoms with E-state index in [1.165, 1.54) is 0 Å². The molecule has 1 aromatic heterocycles. The number of nitrogens with zero attached hydrogens (tertiary/aromatic N) is 4. The zero-order valence-electron chi connectivity index (χ0n) is 21.2. The Morgan fingerprint density at radius 3 is 2.46 bits per heavy atom. The summed E-state index contributed by atoms with van der Waals surface area (Å²) in [5.74, 6) is -0.710. The van der Waals surface area contributed by atoms with Crippen molar-refractivity contribution in [2.24, 2.45) is 5.92 Å². The highest BCUT2D eigenvalue weighted by molar-refractivity contribution is 5.90. The third-order valence-corrected chi connectivity index (χ3v) is 7.38. The third kappa shape index (κ3) is 5.23. The van der Waals surface area contributed by atoms with Gasteiger partial charge in [0.1, 0.15) is 17.9 Å². The molecule has 5 rings (SSSR count). The molecule has 2 aliphatic heterocycles. The molecule has 2 fully saturated rings. The lowest BCUT2D eigenvalue weighted by Crippen LogP contribution is -2.62. The van der Waals surface area contributed by atoms with E-state index in [2.05, 4.69) is 22.0 Å². The van der Waals surface area contributed by atoms with Crippen LogP contribution in [-0.4, -0.2) is 83.7 Å². The summed E-state index contributed by atoms with van der Waals surface area (Å²) in [6, 6.07) is 19.1. The van der Waals surface area contributed by atoms with Crippen molar-refractivity contribution in [3.05, 3.63) is 66.4 Å². The number of fused-ring (bicyclic) bond motifs is 1. The van der Waals surface area contributed by atoms with Crippen LogP contribution in [0.1, 0.15) is 12.1 Å². The number of aryl methyl sites for hydroxylation is 1. The number of amides is 2. The van der Waals surface area contributed by atoms with Gasteiger partial charge < -0.3 is 14.5 Å². The summed E-state index contributed by atoms with van der Waals surface area (Å²) < 4.78 is 6.41. The first kappa shape index (κ1) is 25.0. The quantitative estimate of drug-likeness (QED) is 0.408. The highest BCUT2D eigenvalue weighted by Crippen LogP contribution is 2.31. The summed E-state index contributed by atoms with van der Waals surface area (Å²) in [5, 5.41) is 10.4. The molecule has 37 heavy (non-hydrogen) atoms. The van der Waals surface area contributed by atoms with Crippen LogP contribution in [0.15, 0.2) is 60.7 Å². The molecule has 2 saturated heterocycles. The van der Waals surface area contributed by atoms with Gasteiger partial charge in [-0.2, -0.15) is 0 Å². The van der Waals surface area contributed by atoms with Crippen molar-refractivity contribution >= 4 is 28.4 Å².